The summed E-state index contributed by atoms with van der Waals surface area (Å²) >= 11 is 4.78. The summed E-state index contributed by atoms with van der Waals surface area (Å²) in [5, 5.41) is 14.4. The Bertz CT molecular complexity index is 495. The highest BCUT2D eigenvalue weighted by atomic mass is 79.9. The van der Waals surface area contributed by atoms with E-state index in [1.807, 2.05) is 19.2 Å². The molecule has 0 spiro atoms. The monoisotopic (exact) mass is 374 g/mol. The van der Waals surface area contributed by atoms with Gasteiger partial charge in [-0.05, 0) is 31.4 Å². The maximum Gasteiger partial charge on any atom is 0.251 e. The Labute approximate surface area is 137 Å². The van der Waals surface area contributed by atoms with E-state index in [0.717, 1.165) is 4.47 Å². The number of hydrogen-bond acceptors (Lipinski definition) is 4. The lowest BCUT2D eigenvalue weighted by Gasteiger charge is -2.21. The van der Waals surface area contributed by atoms with Crippen LogP contribution in [0.1, 0.15) is 17.3 Å². The van der Waals surface area contributed by atoms with Gasteiger partial charge >= 0.3 is 0 Å². The molecule has 116 valence electrons. The van der Waals surface area contributed by atoms with E-state index < -0.39 is 0 Å². The summed E-state index contributed by atoms with van der Waals surface area (Å²) in [6, 6.07) is 6.77. The summed E-state index contributed by atoms with van der Waals surface area (Å²) in [5.74, 6) is -0.582. The Morgan fingerprint density at radius 3 is 2.71 bits per heavy atom. The number of aliphatic hydroxyl groups is 1. The minimum atomic E-state index is -0.303. The third-order valence-electron chi connectivity index (χ3n) is 2.93. The Kier molecular flexibility index (Phi) is 7.77. The highest BCUT2D eigenvalue weighted by Gasteiger charge is 2.17. The van der Waals surface area contributed by atoms with Crippen molar-refractivity contribution in [1.82, 2.24) is 10.6 Å². The van der Waals surface area contributed by atoms with Gasteiger partial charge < -0.3 is 15.7 Å². The molecule has 5 nitrogen and oxygen atoms in total. The third-order valence-corrected chi connectivity index (χ3v) is 4.58. The van der Waals surface area contributed by atoms with Crippen LogP contribution in [0.3, 0.4) is 0 Å². The molecule has 1 aromatic rings. The fourth-order valence-electron chi connectivity index (χ4n) is 1.73. The van der Waals surface area contributed by atoms with E-state index >= 15 is 0 Å². The largest absolute Gasteiger partial charge is 0.395 e. The third kappa shape index (κ3) is 6.07. The van der Waals surface area contributed by atoms with Gasteiger partial charge in [-0.2, -0.15) is 11.8 Å². The molecule has 2 atom stereocenters. The highest BCUT2D eigenvalue weighted by molar-refractivity contribution is 9.10. The first-order chi connectivity index (χ1) is 9.97. The standard InChI is InChI=1S/C14H19BrN2O3S/c1-9(12(8-18)21-2)17-13(19)7-16-14(20)10-4-3-5-11(15)6-10/h3-6,9,12,18H,7-8H2,1-2H3,(H,16,20)(H,17,19). The molecule has 7 heteroatoms. The molecule has 2 unspecified atom stereocenters. The minimum absolute atomic E-state index is 0.00693. The molecule has 1 aromatic carbocycles. The summed E-state index contributed by atoms with van der Waals surface area (Å²) in [6.07, 6.45) is 1.87. The SMILES string of the molecule is CSC(CO)C(C)NC(=O)CNC(=O)c1cccc(Br)c1. The van der Waals surface area contributed by atoms with E-state index in [1.165, 1.54) is 11.8 Å². The smallest absolute Gasteiger partial charge is 0.251 e. The zero-order valence-corrected chi connectivity index (χ0v) is 14.3. The van der Waals surface area contributed by atoms with Crippen LogP contribution in [0.4, 0.5) is 0 Å². The normalized spacial score (nSPS) is 13.3. The van der Waals surface area contributed by atoms with Crippen molar-refractivity contribution in [3.05, 3.63) is 34.3 Å². The number of benzene rings is 1. The number of rotatable bonds is 7. The van der Waals surface area contributed by atoms with Crippen LogP contribution < -0.4 is 10.6 Å². The first kappa shape index (κ1) is 18.0. The van der Waals surface area contributed by atoms with Crippen molar-refractivity contribution in [2.75, 3.05) is 19.4 Å². The summed E-state index contributed by atoms with van der Waals surface area (Å²) in [4.78, 5) is 23.6. The van der Waals surface area contributed by atoms with Crippen molar-refractivity contribution in [2.45, 2.75) is 18.2 Å². The van der Waals surface area contributed by atoms with Gasteiger partial charge in [0.25, 0.3) is 5.91 Å². The summed E-state index contributed by atoms with van der Waals surface area (Å²) in [5.41, 5.74) is 0.488. The average Bonchev–Trinajstić information content (AvgIpc) is 2.46. The first-order valence-corrected chi connectivity index (χ1v) is 8.52. The van der Waals surface area contributed by atoms with Crippen LogP contribution in [0, 0.1) is 0 Å². The van der Waals surface area contributed by atoms with Gasteiger partial charge in [-0.25, -0.2) is 0 Å². The predicted molar refractivity (Wildman–Crippen MR) is 88.5 cm³/mol. The number of thioether (sulfide) groups is 1. The molecule has 0 aromatic heterocycles. The number of halogens is 1. The minimum Gasteiger partial charge on any atom is -0.395 e. The second-order valence-corrected chi connectivity index (χ2v) is 6.50. The lowest BCUT2D eigenvalue weighted by molar-refractivity contribution is -0.120. The Balaban J connectivity index is 2.44. The van der Waals surface area contributed by atoms with E-state index in [2.05, 4.69) is 26.6 Å². The van der Waals surface area contributed by atoms with Gasteiger partial charge in [-0.15, -0.1) is 0 Å². The van der Waals surface area contributed by atoms with Crippen molar-refractivity contribution < 1.29 is 14.7 Å². The van der Waals surface area contributed by atoms with E-state index in [9.17, 15) is 9.59 Å². The lowest BCUT2D eigenvalue weighted by atomic mass is 10.2. The van der Waals surface area contributed by atoms with Gasteiger partial charge in [0.1, 0.15) is 0 Å². The number of nitrogens with one attached hydrogen (secondary N) is 2. The van der Waals surface area contributed by atoms with Gasteiger partial charge in [-0.3, -0.25) is 9.59 Å². The zero-order chi connectivity index (χ0) is 15.8. The molecule has 0 aliphatic rings. The second kappa shape index (κ2) is 9.07. The number of carbonyl (C=O) groups excluding carboxylic acids is 2. The van der Waals surface area contributed by atoms with E-state index in [4.69, 9.17) is 5.11 Å². The number of hydrogen-bond donors (Lipinski definition) is 3. The van der Waals surface area contributed by atoms with Gasteiger partial charge in [0.05, 0.1) is 13.2 Å². The Morgan fingerprint density at radius 2 is 2.14 bits per heavy atom. The van der Waals surface area contributed by atoms with Crippen molar-refractivity contribution in [3.8, 4) is 0 Å². The van der Waals surface area contributed by atoms with E-state index in [1.54, 1.807) is 18.2 Å². The molecule has 0 saturated carbocycles. The van der Waals surface area contributed by atoms with Crippen LogP contribution in [0.5, 0.6) is 0 Å². The van der Waals surface area contributed by atoms with Crippen molar-refractivity contribution >= 4 is 39.5 Å². The topological polar surface area (TPSA) is 78.4 Å². The summed E-state index contributed by atoms with van der Waals surface area (Å²) in [6.45, 7) is 1.72. The van der Waals surface area contributed by atoms with E-state index in [-0.39, 0.29) is 36.3 Å². The molecule has 3 N–H and O–H groups in total. The maximum absolute atomic E-state index is 11.9. The zero-order valence-electron chi connectivity index (χ0n) is 11.9. The summed E-state index contributed by atoms with van der Waals surface area (Å²) in [7, 11) is 0. The number of aliphatic hydroxyl groups excluding tert-OH is 1. The number of carbonyl (C=O) groups is 2. The van der Waals surface area contributed by atoms with Gasteiger partial charge in [0.2, 0.25) is 5.91 Å². The molecule has 0 aliphatic heterocycles. The Morgan fingerprint density at radius 1 is 1.43 bits per heavy atom. The molecule has 1 rings (SSSR count). The molecular weight excluding hydrogens is 356 g/mol. The van der Waals surface area contributed by atoms with Crippen molar-refractivity contribution in [1.29, 1.82) is 0 Å². The van der Waals surface area contributed by atoms with Crippen LogP contribution in [0.15, 0.2) is 28.7 Å². The molecule has 0 radical (unpaired) electrons. The maximum atomic E-state index is 11.9. The van der Waals surface area contributed by atoms with Gasteiger partial charge in [0.15, 0.2) is 0 Å². The molecule has 0 heterocycles. The summed E-state index contributed by atoms with van der Waals surface area (Å²) < 4.78 is 0.805. The molecule has 0 saturated heterocycles. The first-order valence-electron chi connectivity index (χ1n) is 6.44. The lowest BCUT2D eigenvalue weighted by Crippen LogP contribution is -2.45. The quantitative estimate of drug-likeness (QED) is 0.674. The highest BCUT2D eigenvalue weighted by Crippen LogP contribution is 2.11. The van der Waals surface area contributed by atoms with Crippen LogP contribution in [0.2, 0.25) is 0 Å². The predicted octanol–water partition coefficient (Wildman–Crippen LogP) is 1.41. The van der Waals surface area contributed by atoms with Crippen LogP contribution in [-0.4, -0.2) is 47.6 Å². The molecule has 2 amide bonds. The molecule has 0 bridgehead atoms. The molecule has 21 heavy (non-hydrogen) atoms. The van der Waals surface area contributed by atoms with Crippen molar-refractivity contribution in [2.24, 2.45) is 0 Å². The van der Waals surface area contributed by atoms with Crippen LogP contribution in [0.25, 0.3) is 0 Å². The number of amides is 2. The average molecular weight is 375 g/mol. The fraction of sp³-hybridized carbons (Fsp3) is 0.429. The molecule has 0 aliphatic carbocycles. The van der Waals surface area contributed by atoms with Crippen LogP contribution >= 0.6 is 27.7 Å². The Hall–Kier alpha value is -1.05. The van der Waals surface area contributed by atoms with Gasteiger partial charge in [-0.1, -0.05) is 22.0 Å². The van der Waals surface area contributed by atoms with Crippen molar-refractivity contribution in [3.63, 3.8) is 0 Å². The molecule has 0 fully saturated rings. The molecular formula is C14H19BrN2O3S. The van der Waals surface area contributed by atoms with Crippen LogP contribution in [-0.2, 0) is 4.79 Å². The van der Waals surface area contributed by atoms with Gasteiger partial charge in [0, 0.05) is 21.3 Å². The fourth-order valence-corrected chi connectivity index (χ4v) is 2.75. The second-order valence-electron chi connectivity index (χ2n) is 4.51. The van der Waals surface area contributed by atoms with E-state index in [0.29, 0.717) is 5.56 Å².